The third kappa shape index (κ3) is 2.81. The van der Waals surface area contributed by atoms with Gasteiger partial charge in [-0.15, -0.1) is 0 Å². The molecule has 0 aliphatic heterocycles. The number of nitrogen functional groups attached to an aromatic ring is 1. The summed E-state index contributed by atoms with van der Waals surface area (Å²) in [5, 5.41) is 2.99. The molecule has 0 aromatic heterocycles. The Bertz CT molecular complexity index is 603. The van der Waals surface area contributed by atoms with Gasteiger partial charge in [-0.3, -0.25) is 0 Å². The summed E-state index contributed by atoms with van der Waals surface area (Å²) >= 11 is 6.17. The predicted molar refractivity (Wildman–Crippen MR) is 75.9 cm³/mol. The van der Waals surface area contributed by atoms with Crippen LogP contribution in [0.25, 0.3) is 0 Å². The molecule has 0 radical (unpaired) electrons. The maximum absolute atomic E-state index is 13.2. The molecule has 0 unspecified atom stereocenters. The fourth-order valence-electron chi connectivity index (χ4n) is 1.40. The van der Waals surface area contributed by atoms with Gasteiger partial charge in [-0.1, -0.05) is 0 Å². The van der Waals surface area contributed by atoms with E-state index in [0.29, 0.717) is 20.3 Å². The molecule has 18 heavy (non-hydrogen) atoms. The highest BCUT2D eigenvalue weighted by molar-refractivity contribution is 9.10. The van der Waals surface area contributed by atoms with Crippen LogP contribution in [0.4, 0.5) is 25.8 Å². The summed E-state index contributed by atoms with van der Waals surface area (Å²) < 4.78 is 26.9. The Morgan fingerprint density at radius 1 is 0.944 bits per heavy atom. The van der Waals surface area contributed by atoms with Gasteiger partial charge >= 0.3 is 0 Å². The van der Waals surface area contributed by atoms with Crippen molar-refractivity contribution in [3.05, 3.63) is 50.9 Å². The van der Waals surface area contributed by atoms with E-state index in [1.807, 2.05) is 0 Å². The first-order chi connectivity index (χ1) is 8.47. The van der Waals surface area contributed by atoms with Crippen LogP contribution in [0.2, 0.25) is 0 Å². The fraction of sp³-hybridized carbons (Fsp3) is 0. The molecule has 2 rings (SSSR count). The van der Waals surface area contributed by atoms with Gasteiger partial charge in [-0.25, -0.2) is 8.78 Å². The highest BCUT2D eigenvalue weighted by atomic mass is 79.9. The highest BCUT2D eigenvalue weighted by Crippen LogP contribution is 2.30. The molecule has 2 aromatic rings. The summed E-state index contributed by atoms with van der Waals surface area (Å²) in [6.07, 6.45) is 0. The maximum atomic E-state index is 13.2. The Kier molecular flexibility index (Phi) is 3.87. The Hall–Kier alpha value is -1.14. The first-order valence-corrected chi connectivity index (χ1v) is 6.52. The van der Waals surface area contributed by atoms with Gasteiger partial charge in [0.25, 0.3) is 0 Å². The standard InChI is InChI=1S/C12H8Br2F2N2/c13-7-3-6(1-2-9(7)15)18-12-4-8(14)10(16)5-11(12)17/h1-5,18H,17H2. The number of anilines is 3. The quantitative estimate of drug-likeness (QED) is 0.736. The molecular weight excluding hydrogens is 370 g/mol. The lowest BCUT2D eigenvalue weighted by Gasteiger charge is -2.11. The first-order valence-electron chi connectivity index (χ1n) is 4.94. The number of halogens is 4. The molecule has 3 N–H and O–H groups in total. The van der Waals surface area contributed by atoms with E-state index >= 15 is 0 Å². The van der Waals surface area contributed by atoms with Crippen LogP contribution in [0.3, 0.4) is 0 Å². The number of nitrogens with one attached hydrogen (secondary N) is 1. The van der Waals surface area contributed by atoms with Crippen molar-refractivity contribution in [2.45, 2.75) is 0 Å². The van der Waals surface area contributed by atoms with E-state index in [1.165, 1.54) is 18.2 Å². The third-order valence-electron chi connectivity index (χ3n) is 2.29. The number of nitrogens with two attached hydrogens (primary N) is 1. The maximum Gasteiger partial charge on any atom is 0.139 e. The van der Waals surface area contributed by atoms with Gasteiger partial charge in [-0.2, -0.15) is 0 Å². The van der Waals surface area contributed by atoms with Crippen LogP contribution < -0.4 is 11.1 Å². The summed E-state index contributed by atoms with van der Waals surface area (Å²) in [7, 11) is 0. The minimum atomic E-state index is -0.432. The lowest BCUT2D eigenvalue weighted by molar-refractivity contribution is 0.621. The average Bonchev–Trinajstić information content (AvgIpc) is 2.31. The molecule has 0 heterocycles. The smallest absolute Gasteiger partial charge is 0.139 e. The van der Waals surface area contributed by atoms with Crippen molar-refractivity contribution in [3.8, 4) is 0 Å². The molecule has 0 aliphatic carbocycles. The Balaban J connectivity index is 2.34. The van der Waals surface area contributed by atoms with Crippen LogP contribution in [0, 0.1) is 11.6 Å². The molecule has 0 saturated heterocycles. The van der Waals surface area contributed by atoms with E-state index in [-0.39, 0.29) is 11.5 Å². The monoisotopic (exact) mass is 376 g/mol. The zero-order valence-electron chi connectivity index (χ0n) is 8.98. The molecule has 0 aliphatic rings. The zero-order chi connectivity index (χ0) is 13.3. The van der Waals surface area contributed by atoms with E-state index in [4.69, 9.17) is 5.73 Å². The Morgan fingerprint density at radius 3 is 2.28 bits per heavy atom. The van der Waals surface area contributed by atoms with E-state index in [1.54, 1.807) is 12.1 Å². The zero-order valence-corrected chi connectivity index (χ0v) is 12.1. The minimum absolute atomic E-state index is 0.274. The van der Waals surface area contributed by atoms with Gasteiger partial charge in [0, 0.05) is 11.8 Å². The van der Waals surface area contributed by atoms with Crippen LogP contribution in [0.5, 0.6) is 0 Å². The second-order valence-electron chi connectivity index (χ2n) is 3.61. The van der Waals surface area contributed by atoms with Gasteiger partial charge in [0.05, 0.1) is 20.3 Å². The fourth-order valence-corrected chi connectivity index (χ4v) is 2.12. The van der Waals surface area contributed by atoms with Gasteiger partial charge in [0.2, 0.25) is 0 Å². The predicted octanol–water partition coefficient (Wildman–Crippen LogP) is 4.82. The second kappa shape index (κ2) is 5.24. The summed E-state index contributed by atoms with van der Waals surface area (Å²) in [4.78, 5) is 0. The van der Waals surface area contributed by atoms with Gasteiger partial charge < -0.3 is 11.1 Å². The summed E-state index contributed by atoms with van der Waals surface area (Å²) in [5.41, 5.74) is 7.16. The van der Waals surface area contributed by atoms with Gasteiger partial charge in [0.1, 0.15) is 11.6 Å². The number of rotatable bonds is 2. The number of benzene rings is 2. The van der Waals surface area contributed by atoms with Crippen molar-refractivity contribution in [1.29, 1.82) is 0 Å². The lowest BCUT2D eigenvalue weighted by atomic mass is 10.2. The molecular formula is C12H8Br2F2N2. The Labute approximate surface area is 119 Å². The molecule has 6 heteroatoms. The summed E-state index contributed by atoms with van der Waals surface area (Å²) in [5.74, 6) is -0.785. The van der Waals surface area contributed by atoms with Crippen LogP contribution in [-0.2, 0) is 0 Å². The Morgan fingerprint density at radius 2 is 1.61 bits per heavy atom. The van der Waals surface area contributed by atoms with Crippen molar-refractivity contribution >= 4 is 48.9 Å². The molecule has 0 atom stereocenters. The average molecular weight is 378 g/mol. The molecule has 2 nitrogen and oxygen atoms in total. The minimum Gasteiger partial charge on any atom is -0.397 e. The SMILES string of the molecule is Nc1cc(F)c(Br)cc1Nc1ccc(F)c(Br)c1. The number of hydrogen-bond donors (Lipinski definition) is 2. The van der Waals surface area contributed by atoms with Crippen molar-refractivity contribution < 1.29 is 8.78 Å². The van der Waals surface area contributed by atoms with Crippen LogP contribution in [-0.4, -0.2) is 0 Å². The second-order valence-corrected chi connectivity index (χ2v) is 5.32. The summed E-state index contributed by atoms with van der Waals surface area (Å²) in [6.45, 7) is 0. The van der Waals surface area contributed by atoms with E-state index in [0.717, 1.165) is 0 Å². The van der Waals surface area contributed by atoms with E-state index in [9.17, 15) is 8.78 Å². The molecule has 94 valence electrons. The molecule has 0 saturated carbocycles. The lowest BCUT2D eigenvalue weighted by Crippen LogP contribution is -1.98. The van der Waals surface area contributed by atoms with Crippen LogP contribution in [0.1, 0.15) is 0 Å². The third-order valence-corrected chi connectivity index (χ3v) is 3.51. The van der Waals surface area contributed by atoms with Crippen LogP contribution >= 0.6 is 31.9 Å². The van der Waals surface area contributed by atoms with Gasteiger partial charge in [0.15, 0.2) is 0 Å². The topological polar surface area (TPSA) is 38.0 Å². The van der Waals surface area contributed by atoms with E-state index < -0.39 is 5.82 Å². The highest BCUT2D eigenvalue weighted by Gasteiger charge is 2.07. The molecule has 2 aromatic carbocycles. The largest absolute Gasteiger partial charge is 0.397 e. The number of hydrogen-bond acceptors (Lipinski definition) is 2. The van der Waals surface area contributed by atoms with Crippen molar-refractivity contribution in [2.24, 2.45) is 0 Å². The van der Waals surface area contributed by atoms with Crippen molar-refractivity contribution in [3.63, 3.8) is 0 Å². The van der Waals surface area contributed by atoms with Crippen molar-refractivity contribution in [1.82, 2.24) is 0 Å². The normalized spacial score (nSPS) is 10.4. The molecule has 0 bridgehead atoms. The first kappa shape index (κ1) is 13.3. The summed E-state index contributed by atoms with van der Waals surface area (Å²) in [6, 6.07) is 7.21. The molecule has 0 spiro atoms. The van der Waals surface area contributed by atoms with Gasteiger partial charge in [-0.05, 0) is 56.1 Å². The van der Waals surface area contributed by atoms with Crippen molar-refractivity contribution in [2.75, 3.05) is 11.1 Å². The van der Waals surface area contributed by atoms with E-state index in [2.05, 4.69) is 37.2 Å². The molecule has 0 fully saturated rings. The van der Waals surface area contributed by atoms with Crippen LogP contribution in [0.15, 0.2) is 39.3 Å². The molecule has 0 amide bonds.